The number of benzene rings is 3. The second-order valence-corrected chi connectivity index (χ2v) is 10.6. The molecule has 3 aromatic carbocycles. The number of ether oxygens (including phenoxy) is 1. The molecule has 1 aliphatic rings. The van der Waals surface area contributed by atoms with Crippen molar-refractivity contribution in [1.29, 1.82) is 0 Å². The maximum atomic E-state index is 6.64. The highest BCUT2D eigenvalue weighted by Gasteiger charge is 2.34. The van der Waals surface area contributed by atoms with Gasteiger partial charge >= 0.3 is 0 Å². The molecule has 0 amide bonds. The first-order chi connectivity index (χ1) is 16.9. The van der Waals surface area contributed by atoms with Crippen molar-refractivity contribution in [1.82, 2.24) is 4.98 Å². The quantitative estimate of drug-likeness (QED) is 0.260. The Balaban J connectivity index is 1.85. The molecule has 4 aromatic rings. The van der Waals surface area contributed by atoms with Gasteiger partial charge in [0.15, 0.2) is 0 Å². The van der Waals surface area contributed by atoms with Gasteiger partial charge < -0.3 is 4.74 Å². The van der Waals surface area contributed by atoms with E-state index >= 15 is 0 Å². The van der Waals surface area contributed by atoms with Gasteiger partial charge in [0, 0.05) is 28.8 Å². The van der Waals surface area contributed by atoms with Crippen LogP contribution in [0, 0.1) is 0 Å². The lowest BCUT2D eigenvalue weighted by atomic mass is 9.73. The number of fused-ring (bicyclic) bond motifs is 2. The lowest BCUT2D eigenvalue weighted by Gasteiger charge is -2.34. The zero-order valence-corrected chi connectivity index (χ0v) is 21.7. The highest BCUT2D eigenvalue weighted by molar-refractivity contribution is 5.74. The lowest BCUT2D eigenvalue weighted by Crippen LogP contribution is -2.17. The van der Waals surface area contributed by atoms with E-state index in [1.165, 1.54) is 33.4 Å². The van der Waals surface area contributed by atoms with Crippen LogP contribution in [-0.4, -0.2) is 4.98 Å². The maximum Gasteiger partial charge on any atom is 0.140 e. The van der Waals surface area contributed by atoms with Crippen LogP contribution >= 0.6 is 0 Å². The average molecular weight is 462 g/mol. The van der Waals surface area contributed by atoms with Crippen LogP contribution in [0.3, 0.4) is 0 Å². The summed E-state index contributed by atoms with van der Waals surface area (Å²) in [6.45, 7) is 13.9. The van der Waals surface area contributed by atoms with Crippen molar-refractivity contribution in [2.75, 3.05) is 0 Å². The Morgan fingerprint density at radius 3 is 1.97 bits per heavy atom. The molecule has 0 N–H and O–H groups in total. The van der Waals surface area contributed by atoms with Crippen molar-refractivity contribution in [2.45, 2.75) is 65.2 Å². The summed E-state index contributed by atoms with van der Waals surface area (Å²) >= 11 is 0. The molecule has 0 fully saturated rings. The first-order valence-electron chi connectivity index (χ1n) is 12.9. The minimum atomic E-state index is 0.106. The monoisotopic (exact) mass is 461 g/mol. The normalized spacial score (nSPS) is 14.7. The Hall–Kier alpha value is -3.39. The highest BCUT2D eigenvalue weighted by atomic mass is 16.5. The van der Waals surface area contributed by atoms with E-state index in [1.807, 2.05) is 18.3 Å². The van der Waals surface area contributed by atoms with Gasteiger partial charge in [0.25, 0.3) is 0 Å². The predicted octanol–water partition coefficient (Wildman–Crippen LogP) is 9.40. The fourth-order valence-corrected chi connectivity index (χ4v) is 5.37. The summed E-state index contributed by atoms with van der Waals surface area (Å²) in [5.74, 6) is 3.29. The Bertz CT molecular complexity index is 1320. The van der Waals surface area contributed by atoms with E-state index < -0.39 is 0 Å². The predicted molar refractivity (Wildman–Crippen MR) is 146 cm³/mol. The molecule has 2 heterocycles. The van der Waals surface area contributed by atoms with Crippen molar-refractivity contribution in [3.63, 3.8) is 0 Å². The zero-order chi connectivity index (χ0) is 24.7. The van der Waals surface area contributed by atoms with E-state index in [2.05, 4.69) is 107 Å². The fraction of sp³-hybridized carbons (Fsp3) is 0.303. The number of aromatic nitrogens is 1. The summed E-state index contributed by atoms with van der Waals surface area (Å²) in [5.41, 5.74) is 10.2. The molecular formula is C33H35NO. The van der Waals surface area contributed by atoms with Crippen LogP contribution in [0.4, 0.5) is 0 Å². The Morgan fingerprint density at radius 1 is 0.686 bits per heavy atom. The molecule has 35 heavy (non-hydrogen) atoms. The summed E-state index contributed by atoms with van der Waals surface area (Å²) in [4.78, 5) is 4.65. The molecule has 1 aromatic heterocycles. The maximum absolute atomic E-state index is 6.64. The number of rotatable bonds is 5. The summed E-state index contributed by atoms with van der Waals surface area (Å²) in [7, 11) is 0. The molecule has 0 spiro atoms. The van der Waals surface area contributed by atoms with Crippen LogP contribution in [0.2, 0.25) is 0 Å². The molecule has 1 aliphatic heterocycles. The van der Waals surface area contributed by atoms with Crippen LogP contribution in [0.1, 0.15) is 98.6 Å². The molecular weight excluding hydrogens is 426 g/mol. The lowest BCUT2D eigenvalue weighted by molar-refractivity contribution is 0.453. The van der Waals surface area contributed by atoms with Crippen molar-refractivity contribution in [3.05, 3.63) is 112 Å². The molecule has 0 saturated heterocycles. The summed E-state index contributed by atoms with van der Waals surface area (Å²) in [6.07, 6.45) is 1.85. The van der Waals surface area contributed by atoms with Gasteiger partial charge in [-0.15, -0.1) is 0 Å². The third-order valence-corrected chi connectivity index (χ3v) is 7.21. The first-order valence-corrected chi connectivity index (χ1v) is 12.9. The standard InChI is InChI=1S/C33H35NO/c1-20(2)23-18-27(21(3)4)32(28(19-23)22(5)6)31-25-12-7-8-16-30(25)35-33-24(13-11-14-26(31)33)29-15-9-10-17-34-29/h7-22,31H,1-6H3. The van der Waals surface area contributed by atoms with E-state index in [0.29, 0.717) is 17.8 Å². The minimum Gasteiger partial charge on any atom is -0.456 e. The SMILES string of the molecule is CC(C)c1cc(C(C)C)c(C2c3ccccc3Oc3c(-c4ccccn4)cccc32)c(C(C)C)c1. The number of nitrogens with zero attached hydrogens (tertiary/aromatic N) is 1. The van der Waals surface area contributed by atoms with Crippen molar-refractivity contribution >= 4 is 0 Å². The molecule has 1 unspecified atom stereocenters. The highest BCUT2D eigenvalue weighted by Crippen LogP contribution is 2.53. The number of para-hydroxylation sites is 2. The van der Waals surface area contributed by atoms with Crippen LogP contribution in [0.5, 0.6) is 11.5 Å². The van der Waals surface area contributed by atoms with Gasteiger partial charge in [0.05, 0.1) is 5.69 Å². The van der Waals surface area contributed by atoms with Crippen LogP contribution in [0.25, 0.3) is 11.3 Å². The number of pyridine rings is 1. The molecule has 0 saturated carbocycles. The van der Waals surface area contributed by atoms with Gasteiger partial charge in [-0.05, 0) is 64.3 Å². The molecule has 2 nitrogen and oxygen atoms in total. The molecule has 2 heteroatoms. The van der Waals surface area contributed by atoms with Gasteiger partial charge in [-0.3, -0.25) is 4.98 Å². The largest absolute Gasteiger partial charge is 0.456 e. The van der Waals surface area contributed by atoms with Crippen LogP contribution < -0.4 is 4.74 Å². The van der Waals surface area contributed by atoms with Crippen molar-refractivity contribution in [2.24, 2.45) is 0 Å². The minimum absolute atomic E-state index is 0.106. The van der Waals surface area contributed by atoms with E-state index in [4.69, 9.17) is 4.74 Å². The van der Waals surface area contributed by atoms with Crippen LogP contribution in [0.15, 0.2) is 79.0 Å². The smallest absolute Gasteiger partial charge is 0.140 e. The molecule has 1 atom stereocenters. The number of hydrogen-bond donors (Lipinski definition) is 0. The molecule has 0 aliphatic carbocycles. The van der Waals surface area contributed by atoms with E-state index in [-0.39, 0.29) is 5.92 Å². The van der Waals surface area contributed by atoms with E-state index in [1.54, 1.807) is 0 Å². The van der Waals surface area contributed by atoms with Crippen LogP contribution in [-0.2, 0) is 0 Å². The van der Waals surface area contributed by atoms with Crippen molar-refractivity contribution < 1.29 is 4.74 Å². The Kier molecular flexibility index (Phi) is 6.23. The summed E-state index contributed by atoms with van der Waals surface area (Å²) in [6, 6.07) is 26.0. The van der Waals surface area contributed by atoms with Crippen molar-refractivity contribution in [3.8, 4) is 22.8 Å². The molecule has 0 radical (unpaired) electrons. The molecule has 0 bridgehead atoms. The van der Waals surface area contributed by atoms with Gasteiger partial charge in [-0.25, -0.2) is 0 Å². The third kappa shape index (κ3) is 4.16. The van der Waals surface area contributed by atoms with Gasteiger partial charge in [-0.2, -0.15) is 0 Å². The summed E-state index contributed by atoms with van der Waals surface area (Å²) in [5, 5.41) is 0. The Labute approximate surface area is 210 Å². The second kappa shape index (κ2) is 9.34. The van der Waals surface area contributed by atoms with Gasteiger partial charge in [-0.1, -0.05) is 90.1 Å². The molecule has 5 rings (SSSR count). The van der Waals surface area contributed by atoms with Gasteiger partial charge in [0.1, 0.15) is 11.5 Å². The zero-order valence-electron chi connectivity index (χ0n) is 21.7. The van der Waals surface area contributed by atoms with Gasteiger partial charge in [0.2, 0.25) is 0 Å². The van der Waals surface area contributed by atoms with E-state index in [0.717, 1.165) is 22.8 Å². The average Bonchev–Trinajstić information content (AvgIpc) is 2.86. The summed E-state index contributed by atoms with van der Waals surface area (Å²) < 4.78 is 6.64. The fourth-order valence-electron chi connectivity index (χ4n) is 5.37. The topological polar surface area (TPSA) is 22.1 Å². The van der Waals surface area contributed by atoms with E-state index in [9.17, 15) is 0 Å². The molecule has 178 valence electrons. The Morgan fingerprint density at radius 2 is 1.34 bits per heavy atom. The second-order valence-electron chi connectivity index (χ2n) is 10.6. The first kappa shape index (κ1) is 23.4. The number of hydrogen-bond acceptors (Lipinski definition) is 2. The third-order valence-electron chi connectivity index (χ3n) is 7.21.